The van der Waals surface area contributed by atoms with Crippen LogP contribution < -0.4 is 5.73 Å². The molecule has 2 aliphatic rings. The molecule has 0 radical (unpaired) electrons. The zero-order valence-electron chi connectivity index (χ0n) is 16.7. The molecule has 1 aromatic heterocycles. The quantitative estimate of drug-likeness (QED) is 0.569. The van der Waals surface area contributed by atoms with Crippen LogP contribution in [-0.4, -0.2) is 43.8 Å². The number of ketones is 1. The van der Waals surface area contributed by atoms with Crippen molar-refractivity contribution in [3.63, 3.8) is 0 Å². The number of furan rings is 1. The van der Waals surface area contributed by atoms with Gasteiger partial charge in [0.25, 0.3) is 0 Å². The molecule has 3 rings (SSSR count). The molecule has 1 saturated carbocycles. The molecule has 1 aromatic rings. The van der Waals surface area contributed by atoms with Crippen LogP contribution in [0.4, 0.5) is 0 Å². The SMILES string of the molecule is CCOC(=O)C1=C(COCCN)N=C2CC(C)(C)CC(=O)C2C1c1ccco1. The van der Waals surface area contributed by atoms with Crippen LogP contribution in [-0.2, 0) is 19.1 Å². The molecule has 0 bridgehead atoms. The van der Waals surface area contributed by atoms with Gasteiger partial charge in [0.05, 0.1) is 49.2 Å². The van der Waals surface area contributed by atoms with Crippen molar-refractivity contribution in [3.8, 4) is 0 Å². The number of rotatable bonds is 7. The minimum absolute atomic E-state index is 0.0696. The third-order valence-electron chi connectivity index (χ3n) is 5.10. The van der Waals surface area contributed by atoms with Crippen molar-refractivity contribution in [3.05, 3.63) is 35.4 Å². The van der Waals surface area contributed by atoms with Gasteiger partial charge in [-0.15, -0.1) is 0 Å². The number of carbonyl (C=O) groups excluding carboxylic acids is 2. The summed E-state index contributed by atoms with van der Waals surface area (Å²) in [5, 5.41) is 0. The number of nitrogens with zero attached hydrogens (tertiary/aromatic N) is 1. The highest BCUT2D eigenvalue weighted by Crippen LogP contribution is 2.47. The molecule has 1 fully saturated rings. The topological polar surface area (TPSA) is 104 Å². The van der Waals surface area contributed by atoms with Gasteiger partial charge in [-0.05, 0) is 30.9 Å². The number of carbonyl (C=O) groups is 2. The molecule has 2 atom stereocenters. The van der Waals surface area contributed by atoms with E-state index in [0.717, 1.165) is 5.71 Å². The van der Waals surface area contributed by atoms with Crippen molar-refractivity contribution in [1.29, 1.82) is 0 Å². The summed E-state index contributed by atoms with van der Waals surface area (Å²) in [7, 11) is 0. The van der Waals surface area contributed by atoms with Crippen LogP contribution >= 0.6 is 0 Å². The van der Waals surface area contributed by atoms with Crippen molar-refractivity contribution >= 4 is 17.5 Å². The monoisotopic (exact) mass is 388 g/mol. The molecule has 0 aromatic carbocycles. The Labute approximate surface area is 165 Å². The van der Waals surface area contributed by atoms with E-state index < -0.39 is 17.8 Å². The molecule has 152 valence electrons. The van der Waals surface area contributed by atoms with Gasteiger partial charge in [-0.2, -0.15) is 0 Å². The maximum atomic E-state index is 13.1. The van der Waals surface area contributed by atoms with Gasteiger partial charge in [-0.3, -0.25) is 9.79 Å². The molecule has 7 nitrogen and oxygen atoms in total. The first-order valence-corrected chi connectivity index (χ1v) is 9.69. The summed E-state index contributed by atoms with van der Waals surface area (Å²) in [6, 6.07) is 3.55. The second-order valence-electron chi connectivity index (χ2n) is 7.98. The number of aliphatic imine (C=N–C) groups is 1. The molecule has 2 N–H and O–H groups in total. The highest BCUT2D eigenvalue weighted by molar-refractivity contribution is 6.12. The Bertz CT molecular complexity index is 792. The average molecular weight is 388 g/mol. The molecular formula is C21H28N2O5. The van der Waals surface area contributed by atoms with Crippen LogP contribution in [0.2, 0.25) is 0 Å². The maximum Gasteiger partial charge on any atom is 0.336 e. The smallest absolute Gasteiger partial charge is 0.336 e. The van der Waals surface area contributed by atoms with E-state index in [-0.39, 0.29) is 24.4 Å². The summed E-state index contributed by atoms with van der Waals surface area (Å²) < 4.78 is 16.5. The Kier molecular flexibility index (Phi) is 6.15. The Morgan fingerprint density at radius 1 is 1.36 bits per heavy atom. The molecule has 0 amide bonds. The average Bonchev–Trinajstić information content (AvgIpc) is 3.14. The van der Waals surface area contributed by atoms with Gasteiger partial charge in [0.15, 0.2) is 0 Å². The van der Waals surface area contributed by atoms with Gasteiger partial charge >= 0.3 is 5.97 Å². The van der Waals surface area contributed by atoms with E-state index >= 15 is 0 Å². The van der Waals surface area contributed by atoms with Crippen LogP contribution in [0.25, 0.3) is 0 Å². The van der Waals surface area contributed by atoms with Crippen LogP contribution in [0.15, 0.2) is 39.1 Å². The predicted octanol–water partition coefficient (Wildman–Crippen LogP) is 2.62. The second kappa shape index (κ2) is 8.41. The van der Waals surface area contributed by atoms with Gasteiger partial charge in [0.2, 0.25) is 0 Å². The molecular weight excluding hydrogens is 360 g/mol. The number of Topliss-reactive ketones (excluding diaryl/α,β-unsaturated/α-hetero) is 1. The lowest BCUT2D eigenvalue weighted by molar-refractivity contribution is -0.139. The van der Waals surface area contributed by atoms with Crippen LogP contribution in [0, 0.1) is 11.3 Å². The van der Waals surface area contributed by atoms with Gasteiger partial charge in [0, 0.05) is 18.7 Å². The molecule has 0 spiro atoms. The Morgan fingerprint density at radius 3 is 2.79 bits per heavy atom. The van der Waals surface area contributed by atoms with E-state index in [4.69, 9.17) is 24.6 Å². The molecule has 1 aliphatic carbocycles. The highest BCUT2D eigenvalue weighted by Gasteiger charge is 2.49. The second-order valence-corrected chi connectivity index (χ2v) is 7.98. The molecule has 2 unspecified atom stereocenters. The number of hydrogen-bond donors (Lipinski definition) is 1. The standard InChI is InChI=1S/C21H28N2O5/c1-4-27-20(25)18-14(12-26-9-7-22)23-13-10-21(2,3)11-15(24)17(13)19(18)16-6-5-8-28-16/h5-6,8,17,19H,4,7,9-12,22H2,1-3H3. The van der Waals surface area contributed by atoms with E-state index in [0.29, 0.717) is 43.0 Å². The first kappa shape index (κ1) is 20.5. The summed E-state index contributed by atoms with van der Waals surface area (Å²) in [4.78, 5) is 30.7. The minimum Gasteiger partial charge on any atom is -0.469 e. The Hall–Kier alpha value is -2.25. The van der Waals surface area contributed by atoms with E-state index in [2.05, 4.69) is 13.8 Å². The number of nitrogens with two attached hydrogens (primary N) is 1. The van der Waals surface area contributed by atoms with Crippen molar-refractivity contribution in [2.24, 2.45) is 22.1 Å². The maximum absolute atomic E-state index is 13.1. The van der Waals surface area contributed by atoms with Gasteiger partial charge in [0.1, 0.15) is 11.5 Å². The van der Waals surface area contributed by atoms with Gasteiger partial charge < -0.3 is 19.6 Å². The van der Waals surface area contributed by atoms with Crippen molar-refractivity contribution in [2.45, 2.75) is 39.5 Å². The number of fused-ring (bicyclic) bond motifs is 1. The van der Waals surface area contributed by atoms with Gasteiger partial charge in [-0.25, -0.2) is 4.79 Å². The molecule has 7 heteroatoms. The van der Waals surface area contributed by atoms with Crippen LogP contribution in [0.3, 0.4) is 0 Å². The number of hydrogen-bond acceptors (Lipinski definition) is 7. The van der Waals surface area contributed by atoms with E-state index in [1.807, 2.05) is 0 Å². The zero-order chi connectivity index (χ0) is 20.3. The summed E-state index contributed by atoms with van der Waals surface area (Å²) in [5.74, 6) is -0.931. The fourth-order valence-electron chi connectivity index (χ4n) is 4.09. The van der Waals surface area contributed by atoms with Crippen molar-refractivity contribution < 1.29 is 23.5 Å². The van der Waals surface area contributed by atoms with E-state index in [1.54, 1.807) is 25.3 Å². The lowest BCUT2D eigenvalue weighted by Crippen LogP contribution is -2.44. The molecule has 28 heavy (non-hydrogen) atoms. The number of esters is 1. The number of ether oxygens (including phenoxy) is 2. The third-order valence-corrected chi connectivity index (χ3v) is 5.10. The first-order valence-electron chi connectivity index (χ1n) is 9.69. The lowest BCUT2D eigenvalue weighted by atomic mass is 9.64. The normalized spacial score (nSPS) is 24.0. The zero-order valence-corrected chi connectivity index (χ0v) is 16.7. The van der Waals surface area contributed by atoms with Crippen LogP contribution in [0.1, 0.15) is 45.3 Å². The van der Waals surface area contributed by atoms with E-state index in [1.165, 1.54) is 0 Å². The fraction of sp³-hybridized carbons (Fsp3) is 0.571. The molecule has 1 aliphatic heterocycles. The highest BCUT2D eigenvalue weighted by atomic mass is 16.5. The summed E-state index contributed by atoms with van der Waals surface area (Å²) in [6.07, 6.45) is 2.66. The first-order chi connectivity index (χ1) is 13.4. The summed E-state index contributed by atoms with van der Waals surface area (Å²) in [6.45, 7) is 6.94. The summed E-state index contributed by atoms with van der Waals surface area (Å²) >= 11 is 0. The van der Waals surface area contributed by atoms with E-state index in [9.17, 15) is 9.59 Å². The third kappa shape index (κ3) is 4.10. The molecule has 0 saturated heterocycles. The van der Waals surface area contributed by atoms with Crippen molar-refractivity contribution in [2.75, 3.05) is 26.4 Å². The fourth-order valence-corrected chi connectivity index (χ4v) is 4.09. The predicted molar refractivity (Wildman–Crippen MR) is 104 cm³/mol. The Morgan fingerprint density at radius 2 is 2.14 bits per heavy atom. The minimum atomic E-state index is -0.554. The van der Waals surface area contributed by atoms with Gasteiger partial charge in [-0.1, -0.05) is 13.8 Å². The lowest BCUT2D eigenvalue weighted by Gasteiger charge is -2.40. The van der Waals surface area contributed by atoms with Crippen molar-refractivity contribution in [1.82, 2.24) is 0 Å². The Balaban J connectivity index is 2.13. The molecule has 2 heterocycles. The largest absolute Gasteiger partial charge is 0.469 e. The van der Waals surface area contributed by atoms with Crippen LogP contribution in [0.5, 0.6) is 0 Å². The summed E-state index contributed by atoms with van der Waals surface area (Å²) in [5.41, 5.74) is 6.96.